The van der Waals surface area contributed by atoms with E-state index in [0.717, 1.165) is 16.7 Å². The average molecular weight is 419 g/mol. The van der Waals surface area contributed by atoms with Crippen molar-refractivity contribution in [1.82, 2.24) is 0 Å². The van der Waals surface area contributed by atoms with Crippen LogP contribution >= 0.6 is 0 Å². The standard InChI is InChI=1S/C25H25NO5/c1-16-5-6-17(2)24(18(16)3)30-15-23(27)31-22-11-7-19(8-12-22)25(28)26-20-9-13-21(29-4)14-10-20/h5-14H,15H2,1-4H3,(H,26,28). The van der Waals surface area contributed by atoms with E-state index >= 15 is 0 Å². The highest BCUT2D eigenvalue weighted by atomic mass is 16.6. The Kier molecular flexibility index (Phi) is 6.92. The first-order valence-corrected chi connectivity index (χ1v) is 9.83. The number of carbonyl (C=O) groups excluding carboxylic acids is 2. The van der Waals surface area contributed by atoms with Crippen molar-refractivity contribution in [2.75, 3.05) is 19.0 Å². The first-order chi connectivity index (χ1) is 14.9. The Morgan fingerprint density at radius 1 is 0.806 bits per heavy atom. The van der Waals surface area contributed by atoms with Crippen LogP contribution < -0.4 is 19.5 Å². The molecular formula is C25H25NO5. The van der Waals surface area contributed by atoms with Gasteiger partial charge in [-0.05, 0) is 86.0 Å². The first-order valence-electron chi connectivity index (χ1n) is 9.83. The van der Waals surface area contributed by atoms with E-state index in [4.69, 9.17) is 14.2 Å². The molecule has 0 saturated heterocycles. The van der Waals surface area contributed by atoms with Crippen LogP contribution in [0.2, 0.25) is 0 Å². The van der Waals surface area contributed by atoms with Crippen molar-refractivity contribution >= 4 is 17.6 Å². The molecule has 0 fully saturated rings. The molecule has 0 aliphatic heterocycles. The van der Waals surface area contributed by atoms with Gasteiger partial charge in [-0.3, -0.25) is 4.79 Å². The number of esters is 1. The van der Waals surface area contributed by atoms with Gasteiger partial charge in [0.15, 0.2) is 6.61 Å². The SMILES string of the molecule is COc1ccc(NC(=O)c2ccc(OC(=O)COc3c(C)ccc(C)c3C)cc2)cc1. The Bertz CT molecular complexity index is 1070. The van der Waals surface area contributed by atoms with E-state index in [-0.39, 0.29) is 12.5 Å². The van der Waals surface area contributed by atoms with E-state index in [9.17, 15) is 9.59 Å². The monoisotopic (exact) mass is 419 g/mol. The zero-order chi connectivity index (χ0) is 22.4. The second-order valence-electron chi connectivity index (χ2n) is 7.12. The summed E-state index contributed by atoms with van der Waals surface area (Å²) in [5.74, 6) is 0.961. The highest BCUT2D eigenvalue weighted by Gasteiger charge is 2.12. The largest absolute Gasteiger partial charge is 0.497 e. The lowest BCUT2D eigenvalue weighted by atomic mass is 10.1. The smallest absolute Gasteiger partial charge is 0.349 e. The second kappa shape index (κ2) is 9.80. The Labute approximate surface area is 181 Å². The van der Waals surface area contributed by atoms with Crippen molar-refractivity contribution in [3.8, 4) is 17.2 Å². The summed E-state index contributed by atoms with van der Waals surface area (Å²) in [6, 6.07) is 17.3. The van der Waals surface area contributed by atoms with Gasteiger partial charge in [-0.15, -0.1) is 0 Å². The third kappa shape index (κ3) is 5.63. The summed E-state index contributed by atoms with van der Waals surface area (Å²) in [7, 11) is 1.58. The maximum atomic E-state index is 12.4. The number of amides is 1. The number of anilines is 1. The van der Waals surface area contributed by atoms with Crippen LogP contribution in [-0.2, 0) is 4.79 Å². The number of carbonyl (C=O) groups is 2. The third-order valence-electron chi connectivity index (χ3n) is 4.90. The highest BCUT2D eigenvalue weighted by molar-refractivity contribution is 6.04. The van der Waals surface area contributed by atoms with E-state index in [1.807, 2.05) is 32.9 Å². The minimum absolute atomic E-state index is 0.204. The van der Waals surface area contributed by atoms with E-state index < -0.39 is 5.97 Å². The molecule has 0 spiro atoms. The van der Waals surface area contributed by atoms with Crippen LogP contribution in [-0.4, -0.2) is 25.6 Å². The van der Waals surface area contributed by atoms with Gasteiger partial charge in [-0.1, -0.05) is 12.1 Å². The lowest BCUT2D eigenvalue weighted by Crippen LogP contribution is -2.18. The van der Waals surface area contributed by atoms with Crippen LogP contribution in [0.3, 0.4) is 0 Å². The number of rotatable bonds is 7. The molecule has 0 bridgehead atoms. The van der Waals surface area contributed by atoms with Crippen LogP contribution in [0.15, 0.2) is 60.7 Å². The predicted octanol–water partition coefficient (Wildman–Crippen LogP) is 4.86. The molecule has 3 aromatic carbocycles. The van der Waals surface area contributed by atoms with Gasteiger partial charge in [0.05, 0.1) is 7.11 Å². The highest BCUT2D eigenvalue weighted by Crippen LogP contribution is 2.25. The molecule has 0 saturated carbocycles. The second-order valence-corrected chi connectivity index (χ2v) is 7.12. The Balaban J connectivity index is 1.55. The minimum atomic E-state index is -0.518. The van der Waals surface area contributed by atoms with Crippen molar-refractivity contribution in [1.29, 1.82) is 0 Å². The average Bonchev–Trinajstić information content (AvgIpc) is 2.77. The maximum absolute atomic E-state index is 12.4. The number of ether oxygens (including phenoxy) is 3. The quantitative estimate of drug-likeness (QED) is 0.437. The predicted molar refractivity (Wildman–Crippen MR) is 119 cm³/mol. The van der Waals surface area contributed by atoms with Crippen LogP contribution in [0, 0.1) is 20.8 Å². The molecule has 1 N–H and O–H groups in total. The number of hydrogen-bond donors (Lipinski definition) is 1. The molecule has 0 heterocycles. The van der Waals surface area contributed by atoms with Gasteiger partial charge >= 0.3 is 5.97 Å². The van der Waals surface area contributed by atoms with Crippen LogP contribution in [0.1, 0.15) is 27.0 Å². The fourth-order valence-corrected chi connectivity index (χ4v) is 2.99. The summed E-state index contributed by atoms with van der Waals surface area (Å²) < 4.78 is 16.1. The van der Waals surface area contributed by atoms with Gasteiger partial charge in [-0.2, -0.15) is 0 Å². The molecule has 3 aromatic rings. The van der Waals surface area contributed by atoms with Crippen molar-refractivity contribution in [2.45, 2.75) is 20.8 Å². The molecule has 0 aromatic heterocycles. The van der Waals surface area contributed by atoms with Crippen LogP contribution in [0.25, 0.3) is 0 Å². The van der Waals surface area contributed by atoms with Crippen LogP contribution in [0.4, 0.5) is 5.69 Å². The van der Waals surface area contributed by atoms with Gasteiger partial charge in [0.1, 0.15) is 17.2 Å². The molecule has 0 unspecified atom stereocenters. The molecule has 31 heavy (non-hydrogen) atoms. The lowest BCUT2D eigenvalue weighted by Gasteiger charge is -2.13. The van der Waals surface area contributed by atoms with Crippen LogP contribution in [0.5, 0.6) is 17.2 Å². The zero-order valence-corrected chi connectivity index (χ0v) is 18.0. The molecule has 0 radical (unpaired) electrons. The number of hydrogen-bond acceptors (Lipinski definition) is 5. The number of nitrogens with one attached hydrogen (secondary N) is 1. The topological polar surface area (TPSA) is 73.9 Å². The van der Waals surface area contributed by atoms with Gasteiger partial charge in [0.2, 0.25) is 0 Å². The normalized spacial score (nSPS) is 10.3. The van der Waals surface area contributed by atoms with Crippen molar-refractivity contribution < 1.29 is 23.8 Å². The van der Waals surface area contributed by atoms with Gasteiger partial charge in [-0.25, -0.2) is 4.79 Å². The number of aryl methyl sites for hydroxylation is 2. The zero-order valence-electron chi connectivity index (χ0n) is 18.0. The maximum Gasteiger partial charge on any atom is 0.349 e. The fourth-order valence-electron chi connectivity index (χ4n) is 2.99. The summed E-state index contributed by atoms with van der Waals surface area (Å²) >= 11 is 0. The number of methoxy groups -OCH3 is 1. The van der Waals surface area contributed by atoms with Gasteiger partial charge in [0, 0.05) is 11.3 Å². The third-order valence-corrected chi connectivity index (χ3v) is 4.90. The van der Waals surface area contributed by atoms with Gasteiger partial charge in [0.25, 0.3) is 5.91 Å². The Hall–Kier alpha value is -3.80. The molecule has 0 aliphatic carbocycles. The van der Waals surface area contributed by atoms with E-state index in [1.54, 1.807) is 55.6 Å². The summed E-state index contributed by atoms with van der Waals surface area (Å²) in [4.78, 5) is 24.6. The van der Waals surface area contributed by atoms with E-state index in [1.165, 1.54) is 0 Å². The summed E-state index contributed by atoms with van der Waals surface area (Å²) in [6.45, 7) is 5.68. The molecule has 1 amide bonds. The Morgan fingerprint density at radius 2 is 1.42 bits per heavy atom. The molecule has 0 atom stereocenters. The number of benzene rings is 3. The fraction of sp³-hybridized carbons (Fsp3) is 0.200. The Morgan fingerprint density at radius 3 is 2.06 bits per heavy atom. The molecular weight excluding hydrogens is 394 g/mol. The summed E-state index contributed by atoms with van der Waals surface area (Å²) in [5, 5.41) is 2.80. The lowest BCUT2D eigenvalue weighted by molar-refractivity contribution is -0.136. The minimum Gasteiger partial charge on any atom is -0.497 e. The molecule has 3 rings (SSSR count). The molecule has 6 heteroatoms. The van der Waals surface area contributed by atoms with Gasteiger partial charge < -0.3 is 19.5 Å². The van der Waals surface area contributed by atoms with E-state index in [0.29, 0.717) is 28.5 Å². The first kappa shape index (κ1) is 21.9. The summed E-state index contributed by atoms with van der Waals surface area (Å²) in [5.41, 5.74) is 4.15. The molecule has 0 aliphatic rings. The molecule has 6 nitrogen and oxygen atoms in total. The summed E-state index contributed by atoms with van der Waals surface area (Å²) in [6.07, 6.45) is 0. The molecule has 160 valence electrons. The van der Waals surface area contributed by atoms with Crippen molar-refractivity contribution in [3.63, 3.8) is 0 Å². The van der Waals surface area contributed by atoms with Crippen molar-refractivity contribution in [2.24, 2.45) is 0 Å². The van der Waals surface area contributed by atoms with Crippen molar-refractivity contribution in [3.05, 3.63) is 82.9 Å². The van der Waals surface area contributed by atoms with E-state index in [2.05, 4.69) is 5.32 Å².